The molecule has 100 valence electrons. The maximum Gasteiger partial charge on any atom is 0.173 e. The number of hydrogen-bond acceptors (Lipinski definition) is 4. The Morgan fingerprint density at radius 2 is 1.15 bits per heavy atom. The third-order valence-corrected chi connectivity index (χ3v) is 2.26. The number of aliphatic imine (C=N–C) groups is 2. The molecule has 0 unspecified atom stereocenters. The molecular weight excluding hydrogens is 276 g/mol. The minimum atomic E-state index is -1.90. The number of hydrogen-bond donors (Lipinski definition) is 0. The van der Waals surface area contributed by atoms with Crippen molar-refractivity contribution in [2.24, 2.45) is 9.98 Å². The Kier molecular flexibility index (Phi) is 4.34. The van der Waals surface area contributed by atoms with Crippen molar-refractivity contribution >= 4 is 24.8 Å². The molecular formula is C12H4F4N4. The number of benzene rings is 1. The lowest BCUT2D eigenvalue weighted by Gasteiger charge is -2.02. The van der Waals surface area contributed by atoms with Crippen molar-refractivity contribution in [3.8, 4) is 12.1 Å². The highest BCUT2D eigenvalue weighted by Crippen LogP contribution is 2.07. The summed E-state index contributed by atoms with van der Waals surface area (Å²) in [5.74, 6) is -8.27. The van der Waals surface area contributed by atoms with E-state index < -0.39 is 45.1 Å². The lowest BCUT2D eigenvalue weighted by atomic mass is 10.1. The Labute approximate surface area is 109 Å². The zero-order valence-electron chi connectivity index (χ0n) is 9.71. The molecule has 0 fully saturated rings. The highest BCUT2D eigenvalue weighted by molar-refractivity contribution is 5.72. The van der Waals surface area contributed by atoms with Gasteiger partial charge in [-0.1, -0.05) is 0 Å². The van der Waals surface area contributed by atoms with Crippen LogP contribution in [-0.4, -0.2) is 13.4 Å². The Morgan fingerprint density at radius 1 is 0.800 bits per heavy atom. The van der Waals surface area contributed by atoms with Gasteiger partial charge in [0.2, 0.25) is 0 Å². The minimum Gasteiger partial charge on any atom is -0.244 e. The van der Waals surface area contributed by atoms with Crippen LogP contribution in [0.3, 0.4) is 0 Å². The molecule has 0 atom stereocenters. The standard InChI is InChI=1S/C12H4F4N4/c1-19-12(20-2)7-10(15)8(13)6(5(3-17)4-18)9(14)11(7)16/h1-2H2. The highest BCUT2D eigenvalue weighted by atomic mass is 19.2. The van der Waals surface area contributed by atoms with E-state index in [0.717, 1.165) is 12.1 Å². The summed E-state index contributed by atoms with van der Waals surface area (Å²) >= 11 is 0. The van der Waals surface area contributed by atoms with Gasteiger partial charge in [0.25, 0.3) is 0 Å². The molecule has 1 rings (SSSR count). The first-order valence-electron chi connectivity index (χ1n) is 4.78. The molecule has 0 bridgehead atoms. The largest absolute Gasteiger partial charge is 0.244 e. The van der Waals surface area contributed by atoms with Crippen molar-refractivity contribution in [3.05, 3.63) is 33.7 Å². The molecule has 0 aromatic heterocycles. The molecule has 4 nitrogen and oxygen atoms in total. The molecule has 0 aliphatic rings. The third-order valence-electron chi connectivity index (χ3n) is 2.26. The van der Waals surface area contributed by atoms with Crippen molar-refractivity contribution < 1.29 is 17.6 Å². The molecule has 0 amide bonds. The predicted octanol–water partition coefficient (Wildman–Crippen LogP) is 0.908. The second kappa shape index (κ2) is 5.76. The maximum absolute atomic E-state index is 13.7. The Bertz CT molecular complexity index is 751. The first-order valence-corrected chi connectivity index (χ1v) is 4.78. The fourth-order valence-electron chi connectivity index (χ4n) is 1.39. The van der Waals surface area contributed by atoms with Crippen LogP contribution < -0.4 is 10.4 Å². The molecule has 0 heterocycles. The van der Waals surface area contributed by atoms with Crippen molar-refractivity contribution in [2.75, 3.05) is 0 Å². The van der Waals surface area contributed by atoms with Gasteiger partial charge < -0.3 is 0 Å². The molecule has 0 spiro atoms. The molecule has 1 aromatic rings. The van der Waals surface area contributed by atoms with E-state index >= 15 is 0 Å². The second-order valence-corrected chi connectivity index (χ2v) is 3.24. The van der Waals surface area contributed by atoms with Crippen LogP contribution in [0, 0.1) is 45.9 Å². The predicted molar refractivity (Wildman–Crippen MR) is 62.7 cm³/mol. The fraction of sp³-hybridized carbons (Fsp3) is 0. The molecule has 8 heteroatoms. The van der Waals surface area contributed by atoms with Crippen LogP contribution in [0.5, 0.6) is 0 Å². The quantitative estimate of drug-likeness (QED) is 0.459. The molecule has 0 radical (unpaired) electrons. The number of halogens is 4. The number of nitrogens with zero attached hydrogens (tertiary/aromatic N) is 4. The van der Waals surface area contributed by atoms with Gasteiger partial charge in [-0.05, 0) is 13.4 Å². The van der Waals surface area contributed by atoms with Gasteiger partial charge in [-0.15, -0.1) is 0 Å². The van der Waals surface area contributed by atoms with Gasteiger partial charge in [0.15, 0.2) is 29.1 Å². The van der Waals surface area contributed by atoms with Crippen LogP contribution in [0.4, 0.5) is 17.6 Å². The topological polar surface area (TPSA) is 72.3 Å². The Hall–Kier alpha value is -3.00. The normalized spacial score (nSPS) is 9.30. The number of rotatable bonds is 2. The molecule has 0 aliphatic carbocycles. The minimum absolute atomic E-state index is 0.764. The van der Waals surface area contributed by atoms with Crippen molar-refractivity contribution in [3.63, 3.8) is 0 Å². The fourth-order valence-corrected chi connectivity index (χ4v) is 1.39. The van der Waals surface area contributed by atoms with Crippen molar-refractivity contribution in [1.29, 1.82) is 10.5 Å². The van der Waals surface area contributed by atoms with Gasteiger partial charge in [-0.2, -0.15) is 10.5 Å². The first-order chi connectivity index (χ1) is 9.44. The first kappa shape index (κ1) is 15.1. The zero-order valence-corrected chi connectivity index (χ0v) is 9.71. The average Bonchev–Trinajstić information content (AvgIpc) is 2.46. The van der Waals surface area contributed by atoms with Crippen LogP contribution in [0.2, 0.25) is 0 Å². The second-order valence-electron chi connectivity index (χ2n) is 3.24. The lowest BCUT2D eigenvalue weighted by Crippen LogP contribution is -2.31. The highest BCUT2D eigenvalue weighted by Gasteiger charge is 2.22. The molecule has 0 saturated carbocycles. The van der Waals surface area contributed by atoms with E-state index in [1.54, 1.807) is 0 Å². The van der Waals surface area contributed by atoms with Gasteiger partial charge >= 0.3 is 0 Å². The van der Waals surface area contributed by atoms with Crippen molar-refractivity contribution in [1.82, 2.24) is 0 Å². The average molecular weight is 280 g/mol. The zero-order chi connectivity index (χ0) is 15.4. The molecule has 1 aromatic carbocycles. The summed E-state index contributed by atoms with van der Waals surface area (Å²) < 4.78 is 54.9. The molecule has 0 aliphatic heterocycles. The summed E-state index contributed by atoms with van der Waals surface area (Å²) in [6.07, 6.45) is 0. The van der Waals surface area contributed by atoms with E-state index in [1.807, 2.05) is 0 Å². The number of nitriles is 2. The van der Waals surface area contributed by atoms with E-state index in [-0.39, 0.29) is 0 Å². The Morgan fingerprint density at radius 3 is 1.45 bits per heavy atom. The molecule has 0 saturated heterocycles. The maximum atomic E-state index is 13.7. The summed E-state index contributed by atoms with van der Waals surface area (Å²) in [4.78, 5) is 6.17. The van der Waals surface area contributed by atoms with E-state index in [4.69, 9.17) is 10.5 Å². The van der Waals surface area contributed by atoms with Crippen LogP contribution >= 0.6 is 0 Å². The van der Waals surface area contributed by atoms with E-state index in [1.165, 1.54) is 0 Å². The van der Waals surface area contributed by atoms with Gasteiger partial charge in [0.1, 0.15) is 17.7 Å². The van der Waals surface area contributed by atoms with Crippen LogP contribution in [0.1, 0.15) is 0 Å². The summed E-state index contributed by atoms with van der Waals surface area (Å²) in [5, 5.41) is 14.5. The van der Waals surface area contributed by atoms with Gasteiger partial charge in [-0.25, -0.2) is 27.5 Å². The molecule has 0 N–H and O–H groups in total. The molecule has 20 heavy (non-hydrogen) atoms. The SMILES string of the molecule is C=NC(N=C)=c1c(F)c(F)c(=C(C#N)C#N)c(F)c1F. The van der Waals surface area contributed by atoms with Gasteiger partial charge in [-0.3, -0.25) is 0 Å². The van der Waals surface area contributed by atoms with E-state index in [0.29, 0.717) is 0 Å². The summed E-state index contributed by atoms with van der Waals surface area (Å²) in [6, 6.07) is 2.29. The summed E-state index contributed by atoms with van der Waals surface area (Å²) in [5.41, 5.74) is -1.11. The monoisotopic (exact) mass is 280 g/mol. The van der Waals surface area contributed by atoms with E-state index in [2.05, 4.69) is 23.4 Å². The smallest absolute Gasteiger partial charge is 0.173 e. The van der Waals surface area contributed by atoms with E-state index in [9.17, 15) is 17.6 Å². The van der Waals surface area contributed by atoms with Gasteiger partial charge in [0, 0.05) is 0 Å². The Balaban J connectivity index is 4.31. The van der Waals surface area contributed by atoms with Crippen LogP contribution in [-0.2, 0) is 0 Å². The van der Waals surface area contributed by atoms with Crippen LogP contribution in [0.25, 0.3) is 11.4 Å². The lowest BCUT2D eigenvalue weighted by molar-refractivity contribution is 0.434. The summed E-state index contributed by atoms with van der Waals surface area (Å²) in [6.45, 7) is 5.86. The third kappa shape index (κ3) is 2.15. The van der Waals surface area contributed by atoms with Crippen LogP contribution in [0.15, 0.2) is 9.98 Å². The van der Waals surface area contributed by atoms with Gasteiger partial charge in [0.05, 0.1) is 10.4 Å². The van der Waals surface area contributed by atoms with Crippen molar-refractivity contribution in [2.45, 2.75) is 0 Å². The summed E-state index contributed by atoms with van der Waals surface area (Å²) in [7, 11) is 0.